The molecule has 15 aromatic rings. The second-order valence-corrected chi connectivity index (χ2v) is 24.5. The summed E-state index contributed by atoms with van der Waals surface area (Å²) < 4.78 is 17.9. The Morgan fingerprint density at radius 3 is 1.23 bits per heavy atom. The Hall–Kier alpha value is -12.7. The van der Waals surface area contributed by atoms with Gasteiger partial charge in [-0.3, -0.25) is 0 Å². The maximum Gasteiger partial charge on any atom is 0.204 e. The molecule has 4 aliphatic heterocycles. The van der Waals surface area contributed by atoms with E-state index in [1.165, 1.54) is 111 Å². The molecule has 0 atom stereocenters. The molecule has 0 saturated carbocycles. The predicted octanol–water partition coefficient (Wildman–Crippen LogP) is 17.6. The second-order valence-electron chi connectivity index (χ2n) is 24.5. The molecule has 12 nitrogen and oxygen atoms in total. The van der Waals surface area contributed by atoms with Crippen molar-refractivity contribution in [1.82, 2.24) is 18.7 Å². The lowest BCUT2D eigenvalue weighted by molar-refractivity contribution is -0.749. The molecule has 0 fully saturated rings. The number of hydrogen-bond acceptors (Lipinski definition) is 0. The molecule has 0 aliphatic carbocycles. The molecule has 11 aromatic carbocycles. The number of fused-ring (bicyclic) bond motifs is 20. The monoisotopic (exact) mass is 1210 g/mol. The number of para-hydroxylation sites is 1. The molecular weight excluding hydrogens is 1150 g/mol. The third-order valence-electron chi connectivity index (χ3n) is 19.2. The molecule has 0 saturated heterocycles. The van der Waals surface area contributed by atoms with Crippen LogP contribution in [0.4, 0.5) is 22.7 Å². The fraction of sp³-hybridized carbons (Fsp3) is 0.0976. The van der Waals surface area contributed by atoms with E-state index in [9.17, 15) is 0 Å². The molecule has 94 heavy (non-hydrogen) atoms. The van der Waals surface area contributed by atoms with Crippen molar-refractivity contribution < 1.29 is 18.7 Å². The van der Waals surface area contributed by atoms with Gasteiger partial charge in [-0.1, -0.05) is 170 Å². The van der Waals surface area contributed by atoms with Gasteiger partial charge in [-0.2, -0.15) is 0 Å². The Labute approximate surface area is 544 Å². The van der Waals surface area contributed by atoms with Crippen LogP contribution >= 0.6 is 0 Å². The lowest BCUT2D eigenvalue weighted by Crippen LogP contribution is -2.36. The minimum atomic E-state index is 0.676. The summed E-state index contributed by atoms with van der Waals surface area (Å²) in [6.45, 7) is 41.4. The van der Waals surface area contributed by atoms with Gasteiger partial charge in [0.2, 0.25) is 24.8 Å². The van der Waals surface area contributed by atoms with Crippen molar-refractivity contribution in [1.29, 1.82) is 0 Å². The number of benzene rings is 11. The summed E-state index contributed by atoms with van der Waals surface area (Å²) >= 11 is 0. The fourth-order valence-corrected chi connectivity index (χ4v) is 14.3. The Morgan fingerprint density at radius 2 is 0.713 bits per heavy atom. The van der Waals surface area contributed by atoms with Gasteiger partial charge in [0, 0.05) is 22.3 Å². The number of hydrogen-bond donors (Lipinski definition) is 0. The van der Waals surface area contributed by atoms with Gasteiger partial charge in [0.1, 0.15) is 44.8 Å². The second kappa shape index (κ2) is 22.6. The lowest BCUT2D eigenvalue weighted by Gasteiger charge is -2.13. The third-order valence-corrected chi connectivity index (χ3v) is 19.2. The Balaban J connectivity index is 0.0000000992. The van der Waals surface area contributed by atoms with E-state index in [0.29, 0.717) is 22.7 Å². The molecule has 8 heterocycles. The first kappa shape index (κ1) is 56.5. The molecular formula is C82H60N12+4. The Bertz CT molecular complexity index is 5830. The van der Waals surface area contributed by atoms with Crippen LogP contribution in [-0.4, -0.2) is 18.7 Å². The van der Waals surface area contributed by atoms with Crippen molar-refractivity contribution in [2.75, 3.05) is 0 Å². The van der Waals surface area contributed by atoms with Gasteiger partial charge in [-0.05, 0) is 126 Å². The molecule has 4 aromatic heterocycles. The van der Waals surface area contributed by atoms with E-state index in [-0.39, 0.29) is 0 Å². The maximum atomic E-state index is 7.30. The van der Waals surface area contributed by atoms with E-state index in [1.54, 1.807) is 0 Å². The third kappa shape index (κ3) is 9.40. The molecule has 0 radical (unpaired) electrons. The van der Waals surface area contributed by atoms with Crippen LogP contribution in [0.15, 0.2) is 243 Å². The van der Waals surface area contributed by atoms with Crippen LogP contribution in [0.5, 0.6) is 0 Å². The zero-order valence-corrected chi connectivity index (χ0v) is 52.3. The van der Waals surface area contributed by atoms with Crippen molar-refractivity contribution in [3.05, 3.63) is 333 Å². The fourth-order valence-electron chi connectivity index (χ4n) is 14.3. The van der Waals surface area contributed by atoms with Gasteiger partial charge in [0.15, 0.2) is 48.9 Å². The minimum absolute atomic E-state index is 0.676. The van der Waals surface area contributed by atoms with E-state index < -0.39 is 0 Å². The normalized spacial score (nSPS) is 12.0. The van der Waals surface area contributed by atoms with Crippen molar-refractivity contribution in [3.63, 3.8) is 0 Å². The minimum Gasteiger partial charge on any atom is -0.238 e. The van der Waals surface area contributed by atoms with E-state index >= 15 is 0 Å². The highest BCUT2D eigenvalue weighted by molar-refractivity contribution is 5.88. The summed E-state index contributed by atoms with van der Waals surface area (Å²) in [5, 5.41) is 4.68. The van der Waals surface area contributed by atoms with Crippen LogP contribution in [0, 0.1) is 54.0 Å². The predicted molar refractivity (Wildman–Crippen MR) is 371 cm³/mol. The van der Waals surface area contributed by atoms with Crippen LogP contribution in [0.1, 0.15) is 44.5 Å². The standard InChI is InChI=1S/3C21H14N3.C19H18N3/c1-22-18-11-10-16-13-23-14-17-8-5-9-19(15-6-3-2-4-7-15)21(17)24(23)20(16)12-18;1-22-19-9-7-17-13-23-14-18-11-16(15-5-3-2-4-6-15)8-10-20(18)24(23)21(17)12-19;1-22-19-10-9-18-14-23-13-17-8-7-16(15-5-3-2-4-6-15)11-20(17)24(23)21(18)12-19;1-11-12(2)14(4)19-17(13(11)3)10-21-9-15-6-7-16(20-5)8-18(15)22(19)21/h2*2-13H,14H2;2-12,14H,13H2;6-9H,10H2,1-4H3/q4*+1. The van der Waals surface area contributed by atoms with Crippen molar-refractivity contribution in [2.24, 2.45) is 0 Å². The average Bonchev–Trinajstić information content (AvgIpc) is 1.60. The van der Waals surface area contributed by atoms with Crippen molar-refractivity contribution in [3.8, 4) is 56.1 Å². The maximum absolute atomic E-state index is 7.30. The highest BCUT2D eigenvalue weighted by atomic mass is 15.4. The first-order valence-electron chi connectivity index (χ1n) is 31.4. The molecule has 0 unspecified atom stereocenters. The first-order valence-corrected chi connectivity index (χ1v) is 31.4. The largest absolute Gasteiger partial charge is 0.238 e. The molecule has 19 rings (SSSR count). The topological polar surface area (TPSA) is 52.7 Å². The molecule has 4 aliphatic rings. The van der Waals surface area contributed by atoms with Crippen LogP contribution in [0.2, 0.25) is 0 Å². The summed E-state index contributed by atoms with van der Waals surface area (Å²) in [6.07, 6.45) is 8.67. The van der Waals surface area contributed by atoms with E-state index in [1.807, 2.05) is 91.0 Å². The zero-order valence-electron chi connectivity index (χ0n) is 52.3. The highest BCUT2D eigenvalue weighted by Crippen LogP contribution is 2.39. The molecule has 12 heteroatoms. The SMILES string of the molecule is [C-]#[N+]c1ccc2c[n+]3n(c2c1)-c1c(C)c(C)c(C)c(C)c1C3.[C-]#[N+]c1ccc2c[n+]3n(c2c1)-c1c(cccc1-c1ccccc1)C3.[C-]#[N+]c1ccc2c[n+]3n(c2c1)-c1cc(-c2ccccc2)ccc1C3.[C-]#[N+]c1ccc2c[n+]3n(c2c1)-c1ccc(-c2ccccc2)cc1C3. The molecule has 444 valence electrons. The summed E-state index contributed by atoms with van der Waals surface area (Å²) in [6, 6.07) is 74.7. The van der Waals surface area contributed by atoms with Gasteiger partial charge in [-0.25, -0.2) is 19.4 Å². The first-order chi connectivity index (χ1) is 46.0. The quantitative estimate of drug-likeness (QED) is 0.125. The highest BCUT2D eigenvalue weighted by Gasteiger charge is 2.35. The lowest BCUT2D eigenvalue weighted by atomic mass is 9.92. The summed E-state index contributed by atoms with van der Waals surface area (Å²) in [4.78, 5) is 14.3. The summed E-state index contributed by atoms with van der Waals surface area (Å²) in [7, 11) is 0. The average molecular weight is 1210 g/mol. The Morgan fingerprint density at radius 1 is 0.298 bits per heavy atom. The van der Waals surface area contributed by atoms with E-state index in [4.69, 9.17) is 26.3 Å². The summed E-state index contributed by atoms with van der Waals surface area (Å²) in [5.41, 5.74) is 30.3. The van der Waals surface area contributed by atoms with Crippen LogP contribution in [0.25, 0.3) is 119 Å². The van der Waals surface area contributed by atoms with E-state index in [0.717, 1.165) is 59.0 Å². The van der Waals surface area contributed by atoms with Gasteiger partial charge < -0.3 is 0 Å². The van der Waals surface area contributed by atoms with Crippen molar-refractivity contribution >= 4 is 66.4 Å². The molecule has 0 amide bonds. The van der Waals surface area contributed by atoms with Crippen molar-refractivity contribution in [2.45, 2.75) is 53.9 Å². The number of nitrogens with zero attached hydrogens (tertiary/aromatic N) is 12. The van der Waals surface area contributed by atoms with Gasteiger partial charge in [0.05, 0.1) is 53.4 Å². The molecule has 0 spiro atoms. The number of rotatable bonds is 3. The smallest absolute Gasteiger partial charge is 0.204 e. The van der Waals surface area contributed by atoms with E-state index in [2.05, 4.69) is 237 Å². The van der Waals surface area contributed by atoms with Crippen LogP contribution < -0.4 is 18.7 Å². The van der Waals surface area contributed by atoms with Crippen LogP contribution in [0.3, 0.4) is 0 Å². The zero-order chi connectivity index (χ0) is 63.9. The van der Waals surface area contributed by atoms with Gasteiger partial charge >= 0.3 is 0 Å². The van der Waals surface area contributed by atoms with Crippen LogP contribution in [-0.2, 0) is 26.2 Å². The van der Waals surface area contributed by atoms with Gasteiger partial charge in [0.25, 0.3) is 0 Å². The van der Waals surface area contributed by atoms with Gasteiger partial charge in [-0.15, -0.1) is 37.5 Å². The summed E-state index contributed by atoms with van der Waals surface area (Å²) in [5.74, 6) is 0. The number of aromatic nitrogens is 8. The molecule has 0 bridgehead atoms. The molecule has 0 N–H and O–H groups in total. The Kier molecular flexibility index (Phi) is 13.6.